The zero-order chi connectivity index (χ0) is 25.9. The number of hydrogen-bond donors (Lipinski definition) is 2. The number of pyridine rings is 2. The number of aromatic amines is 1. The van der Waals surface area contributed by atoms with Gasteiger partial charge in [0, 0.05) is 47.3 Å². The second-order valence-electron chi connectivity index (χ2n) is 8.60. The summed E-state index contributed by atoms with van der Waals surface area (Å²) in [6, 6.07) is 1.77. The van der Waals surface area contributed by atoms with Crippen molar-refractivity contribution < 1.29 is 32.8 Å². The molecular weight excluding hydrogens is 488 g/mol. The molecule has 2 atom stereocenters. The maximum Gasteiger partial charge on any atom is 0.254 e. The molecule has 10 nitrogen and oxygen atoms in total. The fraction of sp³-hybridized carbons (Fsp3) is 0.400. The highest BCUT2D eigenvalue weighted by atomic mass is 19.1. The van der Waals surface area contributed by atoms with Gasteiger partial charge in [0.1, 0.15) is 11.8 Å². The van der Waals surface area contributed by atoms with E-state index in [1.54, 1.807) is 23.1 Å². The van der Waals surface area contributed by atoms with Gasteiger partial charge in [-0.1, -0.05) is 0 Å². The normalized spacial score (nSPS) is 16.7. The first-order valence-electron chi connectivity index (χ1n) is 11.9. The Kier molecular flexibility index (Phi) is 7.31. The molecule has 0 aliphatic carbocycles. The van der Waals surface area contributed by atoms with Crippen molar-refractivity contribution in [3.05, 3.63) is 53.6 Å². The van der Waals surface area contributed by atoms with Crippen LogP contribution in [-0.4, -0.2) is 63.6 Å². The van der Waals surface area contributed by atoms with Gasteiger partial charge in [-0.3, -0.25) is 4.68 Å². The number of aromatic nitrogens is 5. The number of methoxy groups -OCH3 is 2. The lowest BCUT2D eigenvalue weighted by molar-refractivity contribution is -0.163. The van der Waals surface area contributed by atoms with Crippen molar-refractivity contribution in [1.29, 1.82) is 0 Å². The van der Waals surface area contributed by atoms with Crippen LogP contribution in [0, 0.1) is 11.6 Å². The Morgan fingerprint density at radius 3 is 2.65 bits per heavy atom. The van der Waals surface area contributed by atoms with Crippen molar-refractivity contribution in [3.63, 3.8) is 0 Å². The Labute approximate surface area is 211 Å². The van der Waals surface area contributed by atoms with Crippen LogP contribution in [0.1, 0.15) is 36.5 Å². The third-order valence-corrected chi connectivity index (χ3v) is 6.30. The Balaban J connectivity index is 1.39. The summed E-state index contributed by atoms with van der Waals surface area (Å²) in [6.45, 7) is 1.74. The molecule has 0 amide bonds. The van der Waals surface area contributed by atoms with Crippen LogP contribution in [0.25, 0.3) is 22.2 Å². The molecule has 1 saturated heterocycles. The highest BCUT2D eigenvalue weighted by molar-refractivity contribution is 5.85. The molecule has 12 heteroatoms. The van der Waals surface area contributed by atoms with Gasteiger partial charge in [0.25, 0.3) is 11.8 Å². The number of fused-ring (bicyclic) bond motifs is 1. The number of nitrogens with zero attached hydrogens (tertiary/aromatic N) is 4. The molecular formula is C25H27F2N5O5. The quantitative estimate of drug-likeness (QED) is 0.346. The first-order chi connectivity index (χ1) is 18.0. The number of halogens is 2. The van der Waals surface area contributed by atoms with Gasteiger partial charge in [0.2, 0.25) is 0 Å². The van der Waals surface area contributed by atoms with Crippen LogP contribution in [0.2, 0.25) is 0 Å². The molecule has 0 radical (unpaired) electrons. The minimum absolute atomic E-state index is 0.163. The van der Waals surface area contributed by atoms with Crippen LogP contribution in [0.5, 0.6) is 11.8 Å². The van der Waals surface area contributed by atoms with Crippen molar-refractivity contribution in [2.45, 2.75) is 38.2 Å². The monoisotopic (exact) mass is 515 g/mol. The van der Waals surface area contributed by atoms with Crippen LogP contribution in [0.4, 0.5) is 8.78 Å². The van der Waals surface area contributed by atoms with E-state index in [1.807, 2.05) is 6.20 Å². The molecule has 0 bridgehead atoms. The van der Waals surface area contributed by atoms with Gasteiger partial charge < -0.3 is 29.0 Å². The largest absolute Gasteiger partial charge is 0.479 e. The van der Waals surface area contributed by atoms with Crippen LogP contribution < -0.4 is 9.47 Å². The zero-order valence-electron chi connectivity index (χ0n) is 20.4. The van der Waals surface area contributed by atoms with Gasteiger partial charge in [0.05, 0.1) is 39.1 Å². The lowest BCUT2D eigenvalue weighted by atomic mass is 10.00. The van der Waals surface area contributed by atoms with Gasteiger partial charge >= 0.3 is 0 Å². The van der Waals surface area contributed by atoms with E-state index < -0.39 is 35.1 Å². The fourth-order valence-corrected chi connectivity index (χ4v) is 4.35. The molecule has 4 aromatic heterocycles. The molecule has 5 rings (SSSR count). The number of ether oxygens (including phenoxy) is 4. The van der Waals surface area contributed by atoms with E-state index in [2.05, 4.69) is 20.1 Å². The topological polar surface area (TPSA) is 117 Å². The first-order valence-corrected chi connectivity index (χ1v) is 11.9. The van der Waals surface area contributed by atoms with Gasteiger partial charge in [-0.05, 0) is 25.3 Å². The lowest BCUT2D eigenvalue weighted by Gasteiger charge is -2.22. The Hall–Kier alpha value is -3.61. The Bertz CT molecular complexity index is 1360. The van der Waals surface area contributed by atoms with E-state index >= 15 is 0 Å². The molecule has 196 valence electrons. The van der Waals surface area contributed by atoms with Crippen molar-refractivity contribution in [1.82, 2.24) is 24.7 Å². The summed E-state index contributed by atoms with van der Waals surface area (Å²) in [6.07, 6.45) is 7.88. The molecule has 2 unspecified atom stereocenters. The second-order valence-corrected chi connectivity index (χ2v) is 8.60. The minimum atomic E-state index is -1.68. The number of aliphatic hydroxyl groups excluding tert-OH is 1. The molecule has 1 aliphatic rings. The molecule has 4 aromatic rings. The third-order valence-electron chi connectivity index (χ3n) is 6.30. The van der Waals surface area contributed by atoms with Gasteiger partial charge in [-0.25, -0.2) is 13.8 Å². The predicted octanol–water partition coefficient (Wildman–Crippen LogP) is 3.74. The van der Waals surface area contributed by atoms with E-state index in [0.717, 1.165) is 31.4 Å². The standard InChI is InChI=1S/C25H27F2N5O5/c1-34-24-20(26)19(21(27)25(31-24)35-2)22(33)17-12-29-23-16(17)9-14(10-28-23)15-11-30-32(13-15)6-8-37-18-5-3-4-7-36-18/h9-13,18,22,33H,3-8H2,1-2H3,(H,28,29). The van der Waals surface area contributed by atoms with Gasteiger partial charge in [-0.15, -0.1) is 0 Å². The number of H-pyrrole nitrogens is 1. The maximum atomic E-state index is 15.0. The van der Waals surface area contributed by atoms with Crippen LogP contribution >= 0.6 is 0 Å². The highest BCUT2D eigenvalue weighted by Gasteiger charge is 2.29. The van der Waals surface area contributed by atoms with Crippen LogP contribution in [0.3, 0.4) is 0 Å². The van der Waals surface area contributed by atoms with E-state index in [1.165, 1.54) is 20.4 Å². The summed E-state index contributed by atoms with van der Waals surface area (Å²) in [5.74, 6) is -3.21. The summed E-state index contributed by atoms with van der Waals surface area (Å²) in [5, 5.41) is 15.9. The van der Waals surface area contributed by atoms with E-state index in [0.29, 0.717) is 29.7 Å². The van der Waals surface area contributed by atoms with Gasteiger partial charge in [0.15, 0.2) is 17.9 Å². The SMILES string of the molecule is COc1nc(OC)c(F)c(C(O)c2c[nH]c3ncc(-c4cnn(CCOC5CCCCO5)c4)cc23)c1F. The number of hydrogen-bond acceptors (Lipinski definition) is 8. The lowest BCUT2D eigenvalue weighted by Crippen LogP contribution is -2.24. The Morgan fingerprint density at radius 1 is 1.16 bits per heavy atom. The van der Waals surface area contributed by atoms with Crippen molar-refractivity contribution in [2.24, 2.45) is 0 Å². The summed E-state index contributed by atoms with van der Waals surface area (Å²) >= 11 is 0. The zero-order valence-corrected chi connectivity index (χ0v) is 20.4. The first kappa shape index (κ1) is 25.1. The van der Waals surface area contributed by atoms with E-state index in [4.69, 9.17) is 18.9 Å². The average Bonchev–Trinajstić information content (AvgIpc) is 3.56. The Morgan fingerprint density at radius 2 is 1.95 bits per heavy atom. The molecule has 0 saturated carbocycles. The van der Waals surface area contributed by atoms with Gasteiger partial charge in [-0.2, -0.15) is 10.1 Å². The second kappa shape index (κ2) is 10.8. The van der Waals surface area contributed by atoms with Crippen LogP contribution in [0.15, 0.2) is 30.9 Å². The van der Waals surface area contributed by atoms with Crippen molar-refractivity contribution in [2.75, 3.05) is 27.4 Å². The molecule has 37 heavy (non-hydrogen) atoms. The maximum absolute atomic E-state index is 15.0. The van der Waals surface area contributed by atoms with Crippen LogP contribution in [-0.2, 0) is 16.0 Å². The number of rotatable bonds is 9. The molecule has 0 spiro atoms. The van der Waals surface area contributed by atoms with Crippen molar-refractivity contribution >= 4 is 11.0 Å². The van der Waals surface area contributed by atoms with Crippen molar-refractivity contribution in [3.8, 4) is 22.9 Å². The highest BCUT2D eigenvalue weighted by Crippen LogP contribution is 2.37. The molecule has 1 aliphatic heterocycles. The summed E-state index contributed by atoms with van der Waals surface area (Å²) in [5.41, 5.74) is 1.54. The summed E-state index contributed by atoms with van der Waals surface area (Å²) in [7, 11) is 2.38. The average molecular weight is 516 g/mol. The minimum Gasteiger partial charge on any atom is -0.479 e. The smallest absolute Gasteiger partial charge is 0.254 e. The number of nitrogens with one attached hydrogen (secondary N) is 1. The van der Waals surface area contributed by atoms with E-state index in [-0.39, 0.29) is 11.9 Å². The summed E-state index contributed by atoms with van der Waals surface area (Å²) < 4.78 is 52.8. The van der Waals surface area contributed by atoms with E-state index in [9.17, 15) is 13.9 Å². The third kappa shape index (κ3) is 4.99. The number of aliphatic hydroxyl groups is 1. The molecule has 2 N–H and O–H groups in total. The molecule has 0 aromatic carbocycles. The predicted molar refractivity (Wildman–Crippen MR) is 128 cm³/mol. The fourth-order valence-electron chi connectivity index (χ4n) is 4.35. The molecule has 5 heterocycles. The molecule has 1 fully saturated rings. The summed E-state index contributed by atoms with van der Waals surface area (Å²) in [4.78, 5) is 11.0.